The summed E-state index contributed by atoms with van der Waals surface area (Å²) in [5.41, 5.74) is 0.501. The Kier molecular flexibility index (Phi) is 3.03. The molecule has 0 aliphatic heterocycles. The fourth-order valence-electron chi connectivity index (χ4n) is 1.35. The number of ether oxygens (including phenoxy) is 1. The number of rotatable bonds is 3. The Morgan fingerprint density at radius 3 is 2.59 bits per heavy atom. The molecule has 1 aromatic heterocycles. The molecule has 6 heteroatoms. The van der Waals surface area contributed by atoms with Crippen molar-refractivity contribution in [3.63, 3.8) is 0 Å². The largest absolute Gasteiger partial charge is 0.494 e. The molecule has 0 saturated carbocycles. The van der Waals surface area contributed by atoms with Crippen LogP contribution in [0.25, 0.3) is 11.3 Å². The van der Waals surface area contributed by atoms with Crippen LogP contribution >= 0.6 is 0 Å². The van der Waals surface area contributed by atoms with E-state index >= 15 is 0 Å². The molecule has 0 aliphatic carbocycles. The first-order valence-electron chi connectivity index (χ1n) is 4.70. The van der Waals surface area contributed by atoms with Gasteiger partial charge < -0.3 is 9.26 Å². The molecule has 0 N–H and O–H groups in total. The highest BCUT2D eigenvalue weighted by atomic mass is 19.3. The summed E-state index contributed by atoms with van der Waals surface area (Å²) in [6, 6.07) is 5.12. The summed E-state index contributed by atoms with van der Waals surface area (Å²) >= 11 is 0. The van der Waals surface area contributed by atoms with Crippen LogP contribution in [0.3, 0.4) is 0 Å². The average Bonchev–Trinajstić information content (AvgIpc) is 2.78. The Morgan fingerprint density at radius 1 is 1.29 bits per heavy atom. The number of hydrogen-bond acceptors (Lipinski definition) is 3. The third kappa shape index (κ3) is 2.25. The van der Waals surface area contributed by atoms with Crippen LogP contribution in [-0.2, 0) is 0 Å². The molecule has 0 radical (unpaired) electrons. The minimum atomic E-state index is -2.74. The van der Waals surface area contributed by atoms with Crippen LogP contribution < -0.4 is 4.74 Å². The molecular formula is C11H8F3NO2. The highest BCUT2D eigenvalue weighted by Crippen LogP contribution is 2.28. The number of hydrogen-bond donors (Lipinski definition) is 0. The first-order valence-corrected chi connectivity index (χ1v) is 4.70. The quantitative estimate of drug-likeness (QED) is 0.828. The SMILES string of the molecule is COc1ccc(-c2cc(C(F)F)on2)cc1F. The highest BCUT2D eigenvalue weighted by molar-refractivity contribution is 5.60. The number of alkyl halides is 2. The predicted molar refractivity (Wildman–Crippen MR) is 53.4 cm³/mol. The number of aromatic nitrogens is 1. The number of nitrogens with zero attached hydrogens (tertiary/aromatic N) is 1. The lowest BCUT2D eigenvalue weighted by atomic mass is 10.1. The molecule has 3 nitrogen and oxygen atoms in total. The van der Waals surface area contributed by atoms with Gasteiger partial charge >= 0.3 is 0 Å². The molecule has 0 aliphatic rings. The van der Waals surface area contributed by atoms with E-state index in [-0.39, 0.29) is 11.4 Å². The molecule has 0 spiro atoms. The molecule has 0 bridgehead atoms. The van der Waals surface area contributed by atoms with Gasteiger partial charge in [-0.05, 0) is 18.2 Å². The van der Waals surface area contributed by atoms with Gasteiger partial charge in [0.05, 0.1) is 7.11 Å². The van der Waals surface area contributed by atoms with Crippen LogP contribution in [0.1, 0.15) is 12.2 Å². The van der Waals surface area contributed by atoms with Crippen LogP contribution in [-0.4, -0.2) is 12.3 Å². The Morgan fingerprint density at radius 2 is 2.06 bits per heavy atom. The minimum Gasteiger partial charge on any atom is -0.494 e. The Hall–Kier alpha value is -1.98. The van der Waals surface area contributed by atoms with E-state index in [0.717, 1.165) is 12.1 Å². The fraction of sp³-hybridized carbons (Fsp3) is 0.182. The van der Waals surface area contributed by atoms with Gasteiger partial charge in [0, 0.05) is 11.6 Å². The van der Waals surface area contributed by atoms with Crippen molar-refractivity contribution in [2.24, 2.45) is 0 Å². The summed E-state index contributed by atoms with van der Waals surface area (Å²) in [5, 5.41) is 3.44. The topological polar surface area (TPSA) is 35.3 Å². The molecule has 17 heavy (non-hydrogen) atoms. The van der Waals surface area contributed by atoms with E-state index in [4.69, 9.17) is 4.74 Å². The van der Waals surface area contributed by atoms with Gasteiger partial charge in [-0.2, -0.15) is 0 Å². The van der Waals surface area contributed by atoms with Crippen molar-refractivity contribution in [1.82, 2.24) is 5.16 Å². The van der Waals surface area contributed by atoms with Gasteiger partial charge in [-0.1, -0.05) is 5.16 Å². The van der Waals surface area contributed by atoms with Crippen molar-refractivity contribution in [2.45, 2.75) is 6.43 Å². The molecule has 90 valence electrons. The molecule has 0 fully saturated rings. The predicted octanol–water partition coefficient (Wildman–Crippen LogP) is 3.43. The number of methoxy groups -OCH3 is 1. The van der Waals surface area contributed by atoms with Gasteiger partial charge in [-0.3, -0.25) is 0 Å². The van der Waals surface area contributed by atoms with E-state index in [1.165, 1.54) is 19.2 Å². The van der Waals surface area contributed by atoms with Crippen LogP contribution in [0, 0.1) is 5.82 Å². The van der Waals surface area contributed by atoms with Gasteiger partial charge in [0.2, 0.25) is 5.76 Å². The van der Waals surface area contributed by atoms with Crippen LogP contribution in [0.15, 0.2) is 28.8 Å². The molecule has 2 rings (SSSR count). The maximum Gasteiger partial charge on any atom is 0.298 e. The average molecular weight is 243 g/mol. The summed E-state index contributed by atoms with van der Waals surface area (Å²) in [6.07, 6.45) is -2.74. The normalized spacial score (nSPS) is 10.9. The molecule has 0 saturated heterocycles. The monoisotopic (exact) mass is 243 g/mol. The summed E-state index contributed by atoms with van der Waals surface area (Å²) in [5.74, 6) is -1.06. The van der Waals surface area contributed by atoms with Gasteiger partial charge in [-0.25, -0.2) is 13.2 Å². The fourth-order valence-corrected chi connectivity index (χ4v) is 1.35. The summed E-state index contributed by atoms with van der Waals surface area (Å²) in [7, 11) is 1.34. The van der Waals surface area contributed by atoms with Crippen molar-refractivity contribution in [2.75, 3.05) is 7.11 Å². The second-order valence-corrected chi connectivity index (χ2v) is 3.26. The van der Waals surface area contributed by atoms with E-state index < -0.39 is 18.0 Å². The summed E-state index contributed by atoms with van der Waals surface area (Å²) in [6.45, 7) is 0. The summed E-state index contributed by atoms with van der Waals surface area (Å²) < 4.78 is 47.1. The zero-order valence-corrected chi connectivity index (χ0v) is 8.78. The van der Waals surface area contributed by atoms with Crippen molar-refractivity contribution >= 4 is 0 Å². The van der Waals surface area contributed by atoms with Crippen LogP contribution in [0.4, 0.5) is 13.2 Å². The lowest BCUT2D eigenvalue weighted by Gasteiger charge is -2.02. The molecule has 1 heterocycles. The third-order valence-electron chi connectivity index (χ3n) is 2.19. The maximum absolute atomic E-state index is 13.4. The molecule has 0 amide bonds. The number of benzene rings is 1. The van der Waals surface area contributed by atoms with E-state index in [0.29, 0.717) is 5.56 Å². The second-order valence-electron chi connectivity index (χ2n) is 3.26. The van der Waals surface area contributed by atoms with Crippen LogP contribution in [0.2, 0.25) is 0 Å². The Balaban J connectivity index is 2.36. The Labute approximate surface area is 94.8 Å². The second kappa shape index (κ2) is 4.48. The van der Waals surface area contributed by atoms with Crippen molar-refractivity contribution in [1.29, 1.82) is 0 Å². The van der Waals surface area contributed by atoms with E-state index in [1.54, 1.807) is 0 Å². The molecule has 1 aromatic carbocycles. The first kappa shape index (κ1) is 11.5. The lowest BCUT2D eigenvalue weighted by molar-refractivity contribution is 0.112. The third-order valence-corrected chi connectivity index (χ3v) is 2.19. The van der Waals surface area contributed by atoms with E-state index in [9.17, 15) is 13.2 Å². The van der Waals surface area contributed by atoms with Crippen molar-refractivity contribution in [3.8, 4) is 17.0 Å². The minimum absolute atomic E-state index is 0.0753. The molecule has 2 aromatic rings. The summed E-state index contributed by atoms with van der Waals surface area (Å²) in [4.78, 5) is 0. The van der Waals surface area contributed by atoms with Crippen molar-refractivity contribution < 1.29 is 22.4 Å². The number of halogens is 3. The van der Waals surface area contributed by atoms with Gasteiger partial charge in [0.1, 0.15) is 5.69 Å². The van der Waals surface area contributed by atoms with Crippen molar-refractivity contribution in [3.05, 3.63) is 35.8 Å². The Bertz CT molecular complexity index is 525. The molecular weight excluding hydrogens is 235 g/mol. The first-order chi connectivity index (χ1) is 8.11. The smallest absolute Gasteiger partial charge is 0.298 e. The van der Waals surface area contributed by atoms with Gasteiger partial charge in [-0.15, -0.1) is 0 Å². The van der Waals surface area contributed by atoms with Crippen LogP contribution in [0.5, 0.6) is 5.75 Å². The maximum atomic E-state index is 13.4. The van der Waals surface area contributed by atoms with E-state index in [1.807, 2.05) is 0 Å². The zero-order chi connectivity index (χ0) is 12.4. The van der Waals surface area contributed by atoms with E-state index in [2.05, 4.69) is 9.68 Å². The molecule has 0 unspecified atom stereocenters. The standard InChI is InChI=1S/C11H8F3NO2/c1-16-9-3-2-6(4-7(9)12)8-5-10(11(13)14)17-15-8/h2-5,11H,1H3. The van der Waals surface area contributed by atoms with Gasteiger partial charge in [0.15, 0.2) is 11.6 Å². The van der Waals surface area contributed by atoms with Gasteiger partial charge in [0.25, 0.3) is 6.43 Å². The highest BCUT2D eigenvalue weighted by Gasteiger charge is 2.16. The zero-order valence-electron chi connectivity index (χ0n) is 8.78. The lowest BCUT2D eigenvalue weighted by Crippen LogP contribution is -1.88. The molecule has 0 atom stereocenters.